The molecule has 2 nitrogen and oxygen atoms in total. The molecule has 0 aromatic heterocycles. The summed E-state index contributed by atoms with van der Waals surface area (Å²) in [5.41, 5.74) is -0.599. The second-order valence-electron chi connectivity index (χ2n) is 4.03. The van der Waals surface area contributed by atoms with E-state index in [1.807, 2.05) is 0 Å². The van der Waals surface area contributed by atoms with Crippen LogP contribution in [-0.4, -0.2) is 6.21 Å². The summed E-state index contributed by atoms with van der Waals surface area (Å²) in [5.74, 6) is -10.2. The Labute approximate surface area is 130 Å². The lowest BCUT2D eigenvalue weighted by molar-refractivity contribution is 0.124. The molecule has 2 aromatic rings. The van der Waals surface area contributed by atoms with E-state index in [0.29, 0.717) is 5.56 Å². The molecule has 0 unspecified atom stereocenters. The molecule has 115 valence electrons. The summed E-state index contributed by atoms with van der Waals surface area (Å²) in [7, 11) is 0. The first kappa shape index (κ1) is 16.4. The van der Waals surface area contributed by atoms with Gasteiger partial charge < -0.3 is 4.84 Å². The van der Waals surface area contributed by atoms with Gasteiger partial charge in [-0.1, -0.05) is 33.2 Å². The molecule has 8 heteroatoms. The van der Waals surface area contributed by atoms with Crippen LogP contribution in [0.5, 0.6) is 0 Å². The Balaban J connectivity index is 2.11. The maximum absolute atomic E-state index is 13.3. The third-order valence-corrected chi connectivity index (χ3v) is 3.12. The molecule has 0 saturated heterocycles. The molecule has 0 fully saturated rings. The molecular weight excluding hydrogens is 373 g/mol. The van der Waals surface area contributed by atoms with E-state index in [-0.39, 0.29) is 0 Å². The van der Waals surface area contributed by atoms with Crippen molar-refractivity contribution in [1.29, 1.82) is 0 Å². The quantitative estimate of drug-likeness (QED) is 0.251. The van der Waals surface area contributed by atoms with Crippen LogP contribution in [0.2, 0.25) is 0 Å². The Morgan fingerprint density at radius 1 is 0.864 bits per heavy atom. The second kappa shape index (κ2) is 6.87. The molecule has 0 bridgehead atoms. The number of hydrogen-bond donors (Lipinski definition) is 0. The largest absolute Gasteiger partial charge is 0.390 e. The zero-order chi connectivity index (χ0) is 16.3. The zero-order valence-corrected chi connectivity index (χ0v) is 12.2. The fraction of sp³-hybridized carbons (Fsp3) is 0.0714. The van der Waals surface area contributed by atoms with E-state index in [1.54, 1.807) is 24.3 Å². The third-order valence-electron chi connectivity index (χ3n) is 2.59. The summed E-state index contributed by atoms with van der Waals surface area (Å²) in [4.78, 5) is 4.53. The van der Waals surface area contributed by atoms with Gasteiger partial charge in [-0.15, -0.1) is 0 Å². The minimum atomic E-state index is -2.22. The topological polar surface area (TPSA) is 21.6 Å². The normalized spacial score (nSPS) is 11.2. The molecule has 0 atom stereocenters. The molecule has 0 amide bonds. The molecule has 2 rings (SSSR count). The highest BCUT2D eigenvalue weighted by atomic mass is 79.9. The first-order valence-corrected chi connectivity index (χ1v) is 6.55. The number of rotatable bonds is 4. The van der Waals surface area contributed by atoms with E-state index in [9.17, 15) is 22.0 Å². The van der Waals surface area contributed by atoms with Crippen LogP contribution in [0, 0.1) is 29.1 Å². The predicted octanol–water partition coefficient (Wildman–Crippen LogP) is 4.57. The van der Waals surface area contributed by atoms with Gasteiger partial charge in [-0.3, -0.25) is 0 Å². The van der Waals surface area contributed by atoms with Crippen LogP contribution in [0.4, 0.5) is 22.0 Å². The van der Waals surface area contributed by atoms with Gasteiger partial charge in [-0.25, -0.2) is 22.0 Å². The van der Waals surface area contributed by atoms with Crippen molar-refractivity contribution in [2.75, 3.05) is 0 Å². The van der Waals surface area contributed by atoms with Crippen LogP contribution in [0.3, 0.4) is 0 Å². The van der Waals surface area contributed by atoms with Gasteiger partial charge in [-0.2, -0.15) is 0 Å². The summed E-state index contributed by atoms with van der Waals surface area (Å²) in [5, 5.41) is 3.29. The highest BCUT2D eigenvalue weighted by molar-refractivity contribution is 9.10. The second-order valence-corrected chi connectivity index (χ2v) is 4.95. The molecule has 2 aromatic carbocycles. The van der Waals surface area contributed by atoms with Crippen LogP contribution in [0.1, 0.15) is 11.1 Å². The molecule has 0 aliphatic heterocycles. The fourth-order valence-electron chi connectivity index (χ4n) is 1.48. The lowest BCUT2D eigenvalue weighted by Crippen LogP contribution is -2.07. The Kier molecular flexibility index (Phi) is 5.12. The monoisotopic (exact) mass is 378 g/mol. The van der Waals surface area contributed by atoms with Crippen molar-refractivity contribution in [1.82, 2.24) is 0 Å². The maximum atomic E-state index is 13.3. The van der Waals surface area contributed by atoms with Crippen LogP contribution >= 0.6 is 15.9 Å². The van der Waals surface area contributed by atoms with E-state index in [0.717, 1.165) is 4.47 Å². The summed E-state index contributed by atoms with van der Waals surface area (Å²) in [6.45, 7) is -0.921. The fourth-order valence-corrected chi connectivity index (χ4v) is 1.75. The van der Waals surface area contributed by atoms with Crippen molar-refractivity contribution in [2.45, 2.75) is 6.61 Å². The lowest BCUT2D eigenvalue weighted by atomic mass is 10.2. The molecule has 0 N–H and O–H groups in total. The molecule has 0 heterocycles. The third kappa shape index (κ3) is 3.44. The number of hydrogen-bond acceptors (Lipinski definition) is 2. The Morgan fingerprint density at radius 2 is 1.36 bits per heavy atom. The van der Waals surface area contributed by atoms with Gasteiger partial charge in [-0.05, 0) is 12.1 Å². The van der Waals surface area contributed by atoms with Crippen molar-refractivity contribution < 1.29 is 26.8 Å². The summed E-state index contributed by atoms with van der Waals surface area (Å²) >= 11 is 3.22. The Morgan fingerprint density at radius 3 is 1.91 bits per heavy atom. The molecule has 0 aliphatic rings. The van der Waals surface area contributed by atoms with E-state index < -0.39 is 41.3 Å². The van der Waals surface area contributed by atoms with Crippen LogP contribution in [-0.2, 0) is 11.4 Å². The standard InChI is InChI=1S/C14H6BrF5NO/c15-8-3-1-7(2-4-8)5-21-22-6-9-10(16)12(18)14(20)13(19)11(9)17/h1-4H,6H2. The van der Waals surface area contributed by atoms with Crippen LogP contribution in [0.25, 0.3) is 0 Å². The highest BCUT2D eigenvalue weighted by Gasteiger charge is 2.25. The predicted molar refractivity (Wildman–Crippen MR) is 71.7 cm³/mol. The highest BCUT2D eigenvalue weighted by Crippen LogP contribution is 2.23. The van der Waals surface area contributed by atoms with Crippen molar-refractivity contribution in [3.05, 3.63) is 69.0 Å². The molecule has 22 heavy (non-hydrogen) atoms. The van der Waals surface area contributed by atoms with Crippen molar-refractivity contribution in [2.24, 2.45) is 5.16 Å². The Hall–Kier alpha value is -1.96. The average molecular weight is 379 g/mol. The van der Waals surface area contributed by atoms with E-state index >= 15 is 0 Å². The van der Waals surface area contributed by atoms with E-state index in [1.165, 1.54) is 0 Å². The van der Waals surface area contributed by atoms with Crippen molar-refractivity contribution in [3.8, 4) is 0 Å². The van der Waals surface area contributed by atoms with E-state index in [2.05, 4.69) is 32.1 Å². The first-order valence-electron chi connectivity index (χ1n) is 5.75. The Bertz CT molecular complexity index is 689. The van der Waals surface area contributed by atoms with Crippen molar-refractivity contribution >= 4 is 22.1 Å². The van der Waals surface area contributed by atoms with Gasteiger partial charge in [0.1, 0.15) is 12.8 Å². The first-order chi connectivity index (χ1) is 10.4. The smallest absolute Gasteiger partial charge is 0.200 e. The van der Waals surface area contributed by atoms with Gasteiger partial charge in [0.25, 0.3) is 0 Å². The SMILES string of the molecule is Fc1c(F)c(F)c(CO/N=[C]\c2ccc(Br)cc2)c(F)c1F. The van der Waals surface area contributed by atoms with E-state index in [4.69, 9.17) is 0 Å². The summed E-state index contributed by atoms with van der Waals surface area (Å²) in [6, 6.07) is 6.63. The maximum Gasteiger partial charge on any atom is 0.200 e. The minimum Gasteiger partial charge on any atom is -0.390 e. The van der Waals surface area contributed by atoms with Crippen LogP contribution < -0.4 is 0 Å². The molecule has 0 spiro atoms. The van der Waals surface area contributed by atoms with Gasteiger partial charge in [0.2, 0.25) is 5.82 Å². The summed E-state index contributed by atoms with van der Waals surface area (Å²) in [6.07, 6.45) is 2.40. The molecule has 0 saturated carbocycles. The number of benzene rings is 2. The lowest BCUT2D eigenvalue weighted by Gasteiger charge is -2.06. The summed E-state index contributed by atoms with van der Waals surface area (Å²) < 4.78 is 66.2. The molecule has 0 aliphatic carbocycles. The zero-order valence-electron chi connectivity index (χ0n) is 10.6. The van der Waals surface area contributed by atoms with Crippen LogP contribution in [0.15, 0.2) is 33.9 Å². The van der Waals surface area contributed by atoms with Gasteiger partial charge in [0, 0.05) is 10.0 Å². The number of halogens is 6. The van der Waals surface area contributed by atoms with Gasteiger partial charge in [0.05, 0.1) is 5.56 Å². The molecular formula is C14H6BrF5NO. The average Bonchev–Trinajstić information content (AvgIpc) is 2.52. The van der Waals surface area contributed by atoms with Gasteiger partial charge in [0.15, 0.2) is 23.3 Å². The minimum absolute atomic E-state index is 0.501. The number of nitrogens with zero attached hydrogens (tertiary/aromatic N) is 1. The van der Waals surface area contributed by atoms with Crippen molar-refractivity contribution in [3.63, 3.8) is 0 Å². The van der Waals surface area contributed by atoms with Gasteiger partial charge >= 0.3 is 0 Å². The molecule has 1 radical (unpaired) electrons.